The summed E-state index contributed by atoms with van der Waals surface area (Å²) in [6.45, 7) is 15.6. The van der Waals surface area contributed by atoms with Crippen molar-refractivity contribution in [3.63, 3.8) is 0 Å². The maximum absolute atomic E-state index is 13.5. The Balaban J connectivity index is 6.00. The first-order valence-electron chi connectivity index (χ1n) is 35.6. The van der Waals surface area contributed by atoms with Crippen molar-refractivity contribution < 1.29 is 67.0 Å². The van der Waals surface area contributed by atoms with Crippen LogP contribution in [0.15, 0.2) is 0 Å². The largest absolute Gasteiger partial charge is 0.465 e. The van der Waals surface area contributed by atoms with Crippen LogP contribution in [0.25, 0.3) is 0 Å². The molecule has 0 aliphatic carbocycles. The fourth-order valence-electron chi connectivity index (χ4n) is 10.3. The second-order valence-electron chi connectivity index (χ2n) is 26.9. The van der Waals surface area contributed by atoms with Gasteiger partial charge >= 0.3 is 35.8 Å². The number of carbonyl (C=O) groups excluding carboxylic acids is 6. The van der Waals surface area contributed by atoms with Crippen LogP contribution in [0.4, 0.5) is 0 Å². The summed E-state index contributed by atoms with van der Waals surface area (Å²) in [5.41, 5.74) is -2.88. The molecular formula is C71H134N2O14. The highest BCUT2D eigenvalue weighted by Gasteiger charge is 2.38. The Hall–Kier alpha value is -3.34. The first kappa shape index (κ1) is 83.7. The highest BCUT2D eigenvalue weighted by atomic mass is 16.6. The first-order chi connectivity index (χ1) is 41.7. The molecule has 0 amide bonds. The first-order valence-corrected chi connectivity index (χ1v) is 35.6. The highest BCUT2D eigenvalue weighted by Crippen LogP contribution is 2.24. The Bertz CT molecular complexity index is 1570. The minimum Gasteiger partial charge on any atom is -0.465 e. The lowest BCUT2D eigenvalue weighted by Crippen LogP contribution is -2.46. The number of hydrogen-bond acceptors (Lipinski definition) is 16. The van der Waals surface area contributed by atoms with Crippen molar-refractivity contribution in [3.05, 3.63) is 0 Å². The number of ether oxygens (including phenoxy) is 7. The zero-order valence-corrected chi connectivity index (χ0v) is 57.5. The molecule has 2 atom stereocenters. The predicted octanol–water partition coefficient (Wildman–Crippen LogP) is 16.5. The van der Waals surface area contributed by atoms with Crippen LogP contribution < -0.4 is 10.6 Å². The molecule has 0 saturated carbocycles. The lowest BCUT2D eigenvalue weighted by molar-refractivity contribution is -0.174. The van der Waals surface area contributed by atoms with Gasteiger partial charge in [-0.2, -0.15) is 0 Å². The van der Waals surface area contributed by atoms with Gasteiger partial charge in [-0.05, 0) is 60.8 Å². The van der Waals surface area contributed by atoms with Gasteiger partial charge in [0.25, 0.3) is 0 Å². The predicted molar refractivity (Wildman–Crippen MR) is 350 cm³/mol. The van der Waals surface area contributed by atoms with E-state index in [1.54, 1.807) is 20.8 Å². The number of unbranched alkanes of at least 4 members (excludes halogenated alkanes) is 36. The number of aliphatic hydroxyl groups is 1. The van der Waals surface area contributed by atoms with Gasteiger partial charge in [0, 0.05) is 38.9 Å². The minimum atomic E-state index is -1.47. The molecule has 0 aliphatic heterocycles. The molecule has 512 valence electrons. The van der Waals surface area contributed by atoms with Gasteiger partial charge < -0.3 is 48.9 Å². The third-order valence-corrected chi connectivity index (χ3v) is 15.5. The van der Waals surface area contributed by atoms with E-state index in [0.717, 1.165) is 57.8 Å². The number of aliphatic hydroxyl groups excluding tert-OH is 1. The second-order valence-corrected chi connectivity index (χ2v) is 26.9. The number of rotatable bonds is 62. The average Bonchev–Trinajstić information content (AvgIpc) is 3.60. The van der Waals surface area contributed by atoms with Gasteiger partial charge in [0.1, 0.15) is 43.5 Å². The smallest absolute Gasteiger partial charge is 0.344 e. The van der Waals surface area contributed by atoms with Crippen LogP contribution in [-0.2, 0) is 61.9 Å². The molecule has 0 heterocycles. The molecule has 0 aliphatic rings. The van der Waals surface area contributed by atoms with Crippen LogP contribution in [0.2, 0.25) is 0 Å². The normalized spacial score (nSPS) is 12.6. The van der Waals surface area contributed by atoms with Crippen LogP contribution in [0, 0.1) is 5.41 Å². The van der Waals surface area contributed by atoms with Crippen molar-refractivity contribution in [2.75, 3.05) is 52.7 Å². The molecule has 16 nitrogen and oxygen atoms in total. The molecule has 16 heteroatoms. The molecule has 0 saturated heterocycles. The Morgan fingerprint density at radius 2 is 0.667 bits per heavy atom. The maximum Gasteiger partial charge on any atom is 0.344 e. The third-order valence-electron chi connectivity index (χ3n) is 15.5. The summed E-state index contributed by atoms with van der Waals surface area (Å²) in [7, 11) is 0. The lowest BCUT2D eigenvalue weighted by Gasteiger charge is -2.31. The molecule has 0 aromatic rings. The Kier molecular flexibility index (Phi) is 54.5. The number of esters is 6. The molecule has 0 rings (SSSR count). The quantitative estimate of drug-likeness (QED) is 0.0224. The zero-order chi connectivity index (χ0) is 64.5. The van der Waals surface area contributed by atoms with E-state index in [9.17, 15) is 33.9 Å². The summed E-state index contributed by atoms with van der Waals surface area (Å²) in [4.78, 5) is 80.2. The molecule has 3 N–H and O–H groups in total. The Labute approximate surface area is 531 Å². The van der Waals surface area contributed by atoms with E-state index in [1.807, 2.05) is 20.8 Å². The van der Waals surface area contributed by atoms with E-state index < -0.39 is 84.4 Å². The van der Waals surface area contributed by atoms with Gasteiger partial charge in [-0.25, -0.2) is 4.79 Å². The molecule has 0 aromatic carbocycles. The topological polar surface area (TPSA) is 211 Å². The van der Waals surface area contributed by atoms with E-state index in [2.05, 4.69) is 31.4 Å². The van der Waals surface area contributed by atoms with Gasteiger partial charge in [0.05, 0.1) is 12.0 Å². The van der Waals surface area contributed by atoms with Crippen LogP contribution in [-0.4, -0.2) is 117 Å². The van der Waals surface area contributed by atoms with Crippen LogP contribution >= 0.6 is 0 Å². The standard InChI is InChI=1S/C71H134N2O14/c1-10-13-16-19-22-25-28-31-34-37-40-43-46-49-62(74)82-57-71(58-83-63(75)50-47-44-41-38-35-32-29-26-23-20-17-14-11-2,59-84-64(76)51-48-45-42-39-36-33-30-27-24-21-18-15-12-3)60-85-67(79)56-81-65(77)54-61(68(80)87-70(7,8)9)73-53-52-72-55-66(78)86-69(4,5)6/h61,66,72-73,78H,10-60H2,1-9H3. The molecule has 0 fully saturated rings. The van der Waals surface area contributed by atoms with Crippen molar-refractivity contribution in [2.24, 2.45) is 5.41 Å². The van der Waals surface area contributed by atoms with Crippen LogP contribution in [0.5, 0.6) is 0 Å². The van der Waals surface area contributed by atoms with Gasteiger partial charge in [-0.3, -0.25) is 24.0 Å². The van der Waals surface area contributed by atoms with Crippen molar-refractivity contribution >= 4 is 35.8 Å². The van der Waals surface area contributed by atoms with Gasteiger partial charge in [0.2, 0.25) is 0 Å². The van der Waals surface area contributed by atoms with Crippen molar-refractivity contribution in [3.8, 4) is 0 Å². The van der Waals surface area contributed by atoms with Crippen molar-refractivity contribution in [1.29, 1.82) is 0 Å². The molecule has 0 aromatic heterocycles. The minimum absolute atomic E-state index is 0.132. The second kappa shape index (κ2) is 56.6. The fraction of sp³-hybridized carbons (Fsp3) is 0.915. The summed E-state index contributed by atoms with van der Waals surface area (Å²) in [6.07, 6.45) is 44.5. The summed E-state index contributed by atoms with van der Waals surface area (Å²) in [5, 5.41) is 16.2. The lowest BCUT2D eigenvalue weighted by atomic mass is 9.92. The Morgan fingerprint density at radius 1 is 0.368 bits per heavy atom. The van der Waals surface area contributed by atoms with Crippen LogP contribution in [0.3, 0.4) is 0 Å². The van der Waals surface area contributed by atoms with Crippen molar-refractivity contribution in [2.45, 2.75) is 362 Å². The molecule has 2 unspecified atom stereocenters. The number of carbonyl (C=O) groups is 6. The van der Waals surface area contributed by atoms with Crippen LogP contribution in [0.1, 0.15) is 338 Å². The Morgan fingerprint density at radius 3 is 0.966 bits per heavy atom. The highest BCUT2D eigenvalue weighted by molar-refractivity contribution is 5.84. The third kappa shape index (κ3) is 57.6. The molecule has 0 spiro atoms. The summed E-state index contributed by atoms with van der Waals surface area (Å²) in [5.74, 6) is -3.92. The molecule has 0 radical (unpaired) electrons. The van der Waals surface area contributed by atoms with E-state index >= 15 is 0 Å². The van der Waals surface area contributed by atoms with Gasteiger partial charge in [-0.1, -0.05) is 252 Å². The molecular weight excluding hydrogens is 1100 g/mol. The number of hydrogen-bond donors (Lipinski definition) is 3. The van der Waals surface area contributed by atoms with E-state index in [1.165, 1.54) is 173 Å². The fourth-order valence-corrected chi connectivity index (χ4v) is 10.3. The van der Waals surface area contributed by atoms with Gasteiger partial charge in [-0.15, -0.1) is 0 Å². The zero-order valence-electron chi connectivity index (χ0n) is 57.5. The molecule has 87 heavy (non-hydrogen) atoms. The SMILES string of the molecule is CCCCCCCCCCCCCCCC(=O)OCC(COC(=O)CCCCCCCCCCCCCCC)(COC(=O)CCCCCCCCCCCCCCC)COC(=O)COC(=O)CC(NCCNCC(O)OC(C)(C)C)C(=O)OC(C)(C)C. The van der Waals surface area contributed by atoms with Gasteiger partial charge in [0.15, 0.2) is 12.9 Å². The summed E-state index contributed by atoms with van der Waals surface area (Å²) < 4.78 is 39.8. The molecule has 0 bridgehead atoms. The monoisotopic (exact) mass is 1240 g/mol. The van der Waals surface area contributed by atoms with E-state index in [0.29, 0.717) is 25.8 Å². The summed E-state index contributed by atoms with van der Waals surface area (Å²) >= 11 is 0. The number of nitrogens with one attached hydrogen (secondary N) is 2. The summed E-state index contributed by atoms with van der Waals surface area (Å²) in [6, 6.07) is -1.13. The van der Waals surface area contributed by atoms with E-state index in [4.69, 9.17) is 33.2 Å². The maximum atomic E-state index is 13.5. The van der Waals surface area contributed by atoms with Crippen molar-refractivity contribution in [1.82, 2.24) is 10.6 Å². The average molecular weight is 1240 g/mol. The van der Waals surface area contributed by atoms with E-state index in [-0.39, 0.29) is 52.2 Å².